The highest BCUT2D eigenvalue weighted by Crippen LogP contribution is 2.34. The standard InChI is InChI=1S/C10H8N2S2.CH2O3/c1-3-7-11-9(5-1)13-14-10-6-2-4-8-12-10;2-1(3)4/h1-8H;(H2,2,3,4). The van der Waals surface area contributed by atoms with Gasteiger partial charge >= 0.3 is 6.16 Å². The molecule has 2 rings (SSSR count). The zero-order valence-corrected chi connectivity index (χ0v) is 10.8. The molecule has 0 fully saturated rings. The first kappa shape index (κ1) is 14.3. The number of aromatic nitrogens is 2. The van der Waals surface area contributed by atoms with Crippen molar-refractivity contribution in [2.24, 2.45) is 0 Å². The highest BCUT2D eigenvalue weighted by molar-refractivity contribution is 8.76. The Labute approximate surface area is 112 Å². The Morgan fingerprint density at radius 2 is 1.28 bits per heavy atom. The maximum absolute atomic E-state index is 8.56. The molecule has 0 spiro atoms. The second-order valence-corrected chi connectivity index (χ2v) is 4.96. The molecule has 5 nitrogen and oxygen atoms in total. The maximum Gasteiger partial charge on any atom is 0.503 e. The van der Waals surface area contributed by atoms with Crippen LogP contribution in [0.5, 0.6) is 0 Å². The maximum atomic E-state index is 8.56. The molecule has 0 aliphatic rings. The number of carboxylic acid groups (broad SMARTS) is 2. The predicted octanol–water partition coefficient (Wildman–Crippen LogP) is 3.50. The van der Waals surface area contributed by atoms with Crippen LogP contribution in [0.2, 0.25) is 0 Å². The number of nitrogens with zero attached hydrogens (tertiary/aromatic N) is 2. The fraction of sp³-hybridized carbons (Fsp3) is 0. The number of rotatable bonds is 3. The van der Waals surface area contributed by atoms with Crippen LogP contribution in [-0.2, 0) is 0 Å². The molecule has 94 valence electrons. The molecular formula is C11H10N2O3S2. The Morgan fingerprint density at radius 1 is 0.889 bits per heavy atom. The molecule has 0 atom stereocenters. The first-order chi connectivity index (χ1) is 8.68. The first-order valence-electron chi connectivity index (χ1n) is 4.77. The largest absolute Gasteiger partial charge is 0.503 e. The van der Waals surface area contributed by atoms with Gasteiger partial charge in [-0.05, 0) is 45.9 Å². The molecule has 0 bridgehead atoms. The minimum absolute atomic E-state index is 1.00. The molecule has 0 saturated carbocycles. The van der Waals surface area contributed by atoms with E-state index in [-0.39, 0.29) is 0 Å². The van der Waals surface area contributed by atoms with E-state index in [0.29, 0.717) is 0 Å². The van der Waals surface area contributed by atoms with Crippen molar-refractivity contribution in [2.75, 3.05) is 0 Å². The van der Waals surface area contributed by atoms with Gasteiger partial charge in [0.25, 0.3) is 0 Å². The third-order valence-electron chi connectivity index (χ3n) is 1.49. The molecular weight excluding hydrogens is 272 g/mol. The quantitative estimate of drug-likeness (QED) is 0.833. The van der Waals surface area contributed by atoms with Crippen molar-refractivity contribution >= 4 is 27.7 Å². The number of hydrogen-bond acceptors (Lipinski definition) is 5. The monoisotopic (exact) mass is 282 g/mol. The number of hydrogen-bond donors (Lipinski definition) is 2. The van der Waals surface area contributed by atoms with Gasteiger partial charge in [-0.3, -0.25) is 0 Å². The molecule has 2 aromatic heterocycles. The van der Waals surface area contributed by atoms with Gasteiger partial charge in [0.1, 0.15) is 10.1 Å². The van der Waals surface area contributed by atoms with Crippen LogP contribution < -0.4 is 0 Å². The Morgan fingerprint density at radius 3 is 1.56 bits per heavy atom. The molecule has 0 amide bonds. The molecule has 0 radical (unpaired) electrons. The van der Waals surface area contributed by atoms with Gasteiger partial charge in [-0.2, -0.15) is 0 Å². The van der Waals surface area contributed by atoms with Crippen molar-refractivity contribution in [1.29, 1.82) is 0 Å². The van der Waals surface area contributed by atoms with Crippen LogP contribution in [-0.4, -0.2) is 26.3 Å². The van der Waals surface area contributed by atoms with E-state index in [0.717, 1.165) is 10.1 Å². The van der Waals surface area contributed by atoms with Crippen molar-refractivity contribution in [3.63, 3.8) is 0 Å². The average molecular weight is 282 g/mol. The van der Waals surface area contributed by atoms with E-state index in [1.165, 1.54) is 0 Å². The molecule has 7 heteroatoms. The van der Waals surface area contributed by atoms with Crippen LogP contribution in [0.15, 0.2) is 58.8 Å². The minimum Gasteiger partial charge on any atom is -0.450 e. The van der Waals surface area contributed by atoms with E-state index in [1.54, 1.807) is 34.0 Å². The molecule has 0 aromatic carbocycles. The summed E-state index contributed by atoms with van der Waals surface area (Å²) in [6.07, 6.45) is 1.75. The summed E-state index contributed by atoms with van der Waals surface area (Å²) in [4.78, 5) is 17.0. The van der Waals surface area contributed by atoms with Crippen LogP contribution in [0.3, 0.4) is 0 Å². The number of carbonyl (C=O) groups is 1. The van der Waals surface area contributed by atoms with Gasteiger partial charge in [-0.25, -0.2) is 14.8 Å². The summed E-state index contributed by atoms with van der Waals surface area (Å²) in [5.74, 6) is 0. The van der Waals surface area contributed by atoms with E-state index < -0.39 is 6.16 Å². The lowest BCUT2D eigenvalue weighted by atomic mass is 10.5. The van der Waals surface area contributed by atoms with Gasteiger partial charge in [0.2, 0.25) is 0 Å². The molecule has 18 heavy (non-hydrogen) atoms. The summed E-state index contributed by atoms with van der Waals surface area (Å²) in [5, 5.41) is 16.0. The summed E-state index contributed by atoms with van der Waals surface area (Å²) in [6.45, 7) is 0. The second-order valence-electron chi connectivity index (χ2n) is 2.79. The second kappa shape index (κ2) is 8.37. The van der Waals surface area contributed by atoms with Gasteiger partial charge in [0.05, 0.1) is 0 Å². The Bertz CT molecular complexity index is 425. The predicted molar refractivity (Wildman–Crippen MR) is 70.8 cm³/mol. The van der Waals surface area contributed by atoms with Gasteiger partial charge in [-0.15, -0.1) is 0 Å². The zero-order valence-electron chi connectivity index (χ0n) is 9.13. The molecule has 0 aliphatic carbocycles. The smallest absolute Gasteiger partial charge is 0.450 e. The van der Waals surface area contributed by atoms with E-state index in [1.807, 2.05) is 36.4 Å². The highest BCUT2D eigenvalue weighted by Gasteiger charge is 1.97. The summed E-state index contributed by atoms with van der Waals surface area (Å²) < 4.78 is 0. The SMILES string of the molecule is O=C(O)O.c1ccc(SSc2ccccn2)nc1. The summed E-state index contributed by atoms with van der Waals surface area (Å²) in [6, 6.07) is 11.8. The third kappa shape index (κ3) is 6.77. The highest BCUT2D eigenvalue weighted by atomic mass is 33.1. The summed E-state index contributed by atoms with van der Waals surface area (Å²) >= 11 is 0. The Hall–Kier alpha value is -1.73. The molecule has 0 aliphatic heterocycles. The van der Waals surface area contributed by atoms with E-state index >= 15 is 0 Å². The molecule has 2 aromatic rings. The van der Waals surface area contributed by atoms with Crippen LogP contribution in [0.4, 0.5) is 4.79 Å². The van der Waals surface area contributed by atoms with Crippen molar-refractivity contribution in [3.05, 3.63) is 48.8 Å². The lowest BCUT2D eigenvalue weighted by Gasteiger charge is -1.97. The van der Waals surface area contributed by atoms with Gasteiger partial charge in [0, 0.05) is 12.4 Å². The van der Waals surface area contributed by atoms with Crippen LogP contribution in [0.1, 0.15) is 0 Å². The zero-order chi connectivity index (χ0) is 13.2. The normalized spacial score (nSPS) is 9.11. The molecule has 0 unspecified atom stereocenters. The fourth-order valence-electron chi connectivity index (χ4n) is 0.878. The Kier molecular flexibility index (Phi) is 6.67. The summed E-state index contributed by atoms with van der Waals surface area (Å²) in [7, 11) is 3.23. The number of pyridine rings is 2. The third-order valence-corrected chi connectivity index (χ3v) is 3.67. The molecule has 0 saturated heterocycles. The average Bonchev–Trinajstić information content (AvgIpc) is 2.38. The van der Waals surface area contributed by atoms with Crippen molar-refractivity contribution < 1.29 is 15.0 Å². The molecule has 2 heterocycles. The minimum atomic E-state index is -1.83. The van der Waals surface area contributed by atoms with Crippen molar-refractivity contribution in [3.8, 4) is 0 Å². The van der Waals surface area contributed by atoms with Crippen molar-refractivity contribution in [1.82, 2.24) is 9.97 Å². The molecule has 2 N–H and O–H groups in total. The van der Waals surface area contributed by atoms with E-state index in [9.17, 15) is 0 Å². The fourth-order valence-corrected chi connectivity index (χ4v) is 2.63. The van der Waals surface area contributed by atoms with E-state index in [4.69, 9.17) is 15.0 Å². The van der Waals surface area contributed by atoms with E-state index in [2.05, 4.69) is 9.97 Å². The summed E-state index contributed by atoms with van der Waals surface area (Å²) in [5.41, 5.74) is 0. The van der Waals surface area contributed by atoms with Gasteiger partial charge in [-0.1, -0.05) is 12.1 Å². The lowest BCUT2D eigenvalue weighted by Crippen LogP contribution is -1.81. The van der Waals surface area contributed by atoms with Crippen LogP contribution in [0, 0.1) is 0 Å². The topological polar surface area (TPSA) is 83.3 Å². The van der Waals surface area contributed by atoms with Gasteiger partial charge < -0.3 is 10.2 Å². The first-order valence-corrected chi connectivity index (χ1v) is 6.92. The van der Waals surface area contributed by atoms with Crippen molar-refractivity contribution in [2.45, 2.75) is 10.1 Å². The Balaban J connectivity index is 0.000000357. The van der Waals surface area contributed by atoms with Crippen LogP contribution in [0.25, 0.3) is 0 Å². The van der Waals surface area contributed by atoms with Gasteiger partial charge in [0.15, 0.2) is 0 Å². The van der Waals surface area contributed by atoms with Crippen LogP contribution >= 0.6 is 21.6 Å². The lowest BCUT2D eigenvalue weighted by molar-refractivity contribution is 0.137.